The number of aryl methyl sites for hydroxylation is 1. The second-order valence-corrected chi connectivity index (χ2v) is 5.81. The molecule has 134 valence electrons. The van der Waals surface area contributed by atoms with Crippen molar-refractivity contribution in [3.8, 4) is 28.4 Å². The maximum atomic E-state index is 12.1. The highest BCUT2D eigenvalue weighted by molar-refractivity contribution is 5.85. The van der Waals surface area contributed by atoms with Gasteiger partial charge in [-0.3, -0.25) is 9.59 Å². The summed E-state index contributed by atoms with van der Waals surface area (Å²) >= 11 is 0. The first-order chi connectivity index (χ1) is 12.5. The molecule has 0 spiro atoms. The van der Waals surface area contributed by atoms with Gasteiger partial charge in [0.15, 0.2) is 11.5 Å². The molecule has 0 aliphatic heterocycles. The third-order valence-corrected chi connectivity index (χ3v) is 4.18. The molecule has 0 aromatic heterocycles. The molecule has 0 saturated carbocycles. The highest BCUT2D eigenvalue weighted by Gasteiger charge is 2.23. The molecule has 6 heteroatoms. The Kier molecular flexibility index (Phi) is 4.67. The van der Waals surface area contributed by atoms with Crippen molar-refractivity contribution in [2.75, 3.05) is 26.6 Å². The summed E-state index contributed by atoms with van der Waals surface area (Å²) in [5.41, 5.74) is 1.93. The standard InChI is InChI=1S/C20H19NO5/c1-11-5-7-12(8-6-11)16-17(19(23)18(16)22)21-13-9-14(24-2)20(26-4)15(10-13)25-3/h5-10,21H,1-4H3. The fourth-order valence-corrected chi connectivity index (χ4v) is 2.80. The second-order valence-electron chi connectivity index (χ2n) is 5.81. The van der Waals surface area contributed by atoms with E-state index in [1.54, 1.807) is 12.1 Å². The van der Waals surface area contributed by atoms with E-state index in [9.17, 15) is 9.59 Å². The van der Waals surface area contributed by atoms with Crippen molar-refractivity contribution in [3.63, 3.8) is 0 Å². The van der Waals surface area contributed by atoms with Crippen LogP contribution >= 0.6 is 0 Å². The first-order valence-electron chi connectivity index (χ1n) is 7.97. The van der Waals surface area contributed by atoms with Gasteiger partial charge >= 0.3 is 0 Å². The molecule has 0 unspecified atom stereocenters. The molecule has 1 N–H and O–H groups in total. The van der Waals surface area contributed by atoms with E-state index < -0.39 is 10.9 Å². The minimum absolute atomic E-state index is 0.258. The molecule has 0 amide bonds. The van der Waals surface area contributed by atoms with E-state index in [-0.39, 0.29) is 5.69 Å². The number of hydrogen-bond acceptors (Lipinski definition) is 6. The van der Waals surface area contributed by atoms with E-state index >= 15 is 0 Å². The molecule has 0 aliphatic rings. The van der Waals surface area contributed by atoms with Gasteiger partial charge in [-0.2, -0.15) is 0 Å². The van der Waals surface area contributed by atoms with Crippen molar-refractivity contribution in [2.24, 2.45) is 0 Å². The summed E-state index contributed by atoms with van der Waals surface area (Å²) in [6, 6.07) is 10.8. The highest BCUT2D eigenvalue weighted by atomic mass is 16.5. The van der Waals surface area contributed by atoms with Gasteiger partial charge in [0, 0.05) is 17.8 Å². The molecular weight excluding hydrogens is 334 g/mol. The van der Waals surface area contributed by atoms with Crippen LogP contribution in [0.25, 0.3) is 11.1 Å². The van der Waals surface area contributed by atoms with Gasteiger partial charge in [-0.05, 0) is 12.5 Å². The van der Waals surface area contributed by atoms with Crippen LogP contribution in [0.1, 0.15) is 5.56 Å². The molecule has 0 heterocycles. The SMILES string of the molecule is COc1cc(Nc2c(-c3ccc(C)cc3)c(=O)c2=O)cc(OC)c1OC. The summed E-state index contributed by atoms with van der Waals surface area (Å²) < 4.78 is 15.9. The number of methoxy groups -OCH3 is 3. The number of ether oxygens (including phenoxy) is 3. The van der Waals surface area contributed by atoms with Crippen LogP contribution in [0.5, 0.6) is 17.2 Å². The van der Waals surface area contributed by atoms with Gasteiger partial charge in [-0.1, -0.05) is 29.8 Å². The van der Waals surface area contributed by atoms with Crippen LogP contribution in [0.3, 0.4) is 0 Å². The smallest absolute Gasteiger partial charge is 0.250 e. The molecule has 3 rings (SSSR count). The maximum absolute atomic E-state index is 12.1. The molecule has 0 radical (unpaired) electrons. The Labute approximate surface area is 150 Å². The summed E-state index contributed by atoms with van der Waals surface area (Å²) in [5, 5.41) is 3.02. The van der Waals surface area contributed by atoms with E-state index in [1.165, 1.54) is 21.3 Å². The molecule has 3 aromatic carbocycles. The number of hydrogen-bond donors (Lipinski definition) is 1. The van der Waals surface area contributed by atoms with Crippen molar-refractivity contribution in [3.05, 3.63) is 62.4 Å². The Balaban J connectivity index is 2.03. The van der Waals surface area contributed by atoms with Gasteiger partial charge in [0.25, 0.3) is 5.43 Å². The van der Waals surface area contributed by atoms with Gasteiger partial charge in [-0.25, -0.2) is 0 Å². The summed E-state index contributed by atoms with van der Waals surface area (Å²) in [6.45, 7) is 1.96. The fourth-order valence-electron chi connectivity index (χ4n) is 2.80. The lowest BCUT2D eigenvalue weighted by molar-refractivity contribution is 0.324. The Morgan fingerprint density at radius 3 is 1.88 bits per heavy atom. The molecule has 26 heavy (non-hydrogen) atoms. The van der Waals surface area contributed by atoms with E-state index in [1.807, 2.05) is 31.2 Å². The topological polar surface area (TPSA) is 73.9 Å². The highest BCUT2D eigenvalue weighted by Crippen LogP contribution is 2.41. The molecule has 3 aromatic rings. The van der Waals surface area contributed by atoms with E-state index in [2.05, 4.69) is 5.32 Å². The van der Waals surface area contributed by atoms with Gasteiger partial charge in [0.05, 0.1) is 26.9 Å². The number of benzene rings is 2. The number of rotatable bonds is 6. The minimum atomic E-state index is -0.547. The molecule has 0 aliphatic carbocycles. The lowest BCUT2D eigenvalue weighted by atomic mass is 9.97. The van der Waals surface area contributed by atoms with Crippen LogP contribution in [0, 0.1) is 6.92 Å². The molecule has 6 nitrogen and oxygen atoms in total. The van der Waals surface area contributed by atoms with E-state index in [0.29, 0.717) is 34.1 Å². The quantitative estimate of drug-likeness (QED) is 0.687. The molecule has 0 fully saturated rings. The second kappa shape index (κ2) is 6.92. The lowest BCUT2D eigenvalue weighted by Crippen LogP contribution is -2.35. The zero-order chi connectivity index (χ0) is 18.8. The van der Waals surface area contributed by atoms with Crippen molar-refractivity contribution in [2.45, 2.75) is 6.92 Å². The van der Waals surface area contributed by atoms with Crippen LogP contribution in [0.4, 0.5) is 11.4 Å². The van der Waals surface area contributed by atoms with Crippen LogP contribution in [0.2, 0.25) is 0 Å². The normalized spacial score (nSPS) is 10.6. The fraction of sp³-hybridized carbons (Fsp3) is 0.200. The van der Waals surface area contributed by atoms with Gasteiger partial charge in [0.1, 0.15) is 5.69 Å². The van der Waals surface area contributed by atoms with Crippen molar-refractivity contribution < 1.29 is 14.2 Å². The zero-order valence-corrected chi connectivity index (χ0v) is 15.0. The molecule has 0 bridgehead atoms. The Morgan fingerprint density at radius 2 is 1.38 bits per heavy atom. The molecular formula is C20H19NO5. The van der Waals surface area contributed by atoms with Crippen LogP contribution < -0.4 is 30.4 Å². The summed E-state index contributed by atoms with van der Waals surface area (Å²) in [5.74, 6) is 1.35. The van der Waals surface area contributed by atoms with E-state index in [4.69, 9.17) is 14.2 Å². The number of nitrogens with one attached hydrogen (secondary N) is 1. The average Bonchev–Trinajstić information content (AvgIpc) is 2.67. The monoisotopic (exact) mass is 353 g/mol. The van der Waals surface area contributed by atoms with Crippen molar-refractivity contribution >= 4 is 11.4 Å². The first kappa shape index (κ1) is 17.5. The summed E-state index contributed by atoms with van der Waals surface area (Å²) in [4.78, 5) is 24.2. The predicted octanol–water partition coefficient (Wildman–Crippen LogP) is 3.03. The summed E-state index contributed by atoms with van der Waals surface area (Å²) in [7, 11) is 4.53. The van der Waals surface area contributed by atoms with E-state index in [0.717, 1.165) is 5.56 Å². The van der Waals surface area contributed by atoms with Crippen LogP contribution in [-0.2, 0) is 0 Å². The van der Waals surface area contributed by atoms with Crippen LogP contribution in [-0.4, -0.2) is 21.3 Å². The van der Waals surface area contributed by atoms with Gasteiger partial charge in [0.2, 0.25) is 11.2 Å². The van der Waals surface area contributed by atoms with Crippen molar-refractivity contribution in [1.82, 2.24) is 0 Å². The maximum Gasteiger partial charge on any atom is 0.250 e. The third kappa shape index (κ3) is 2.90. The number of anilines is 2. The van der Waals surface area contributed by atoms with Crippen molar-refractivity contribution in [1.29, 1.82) is 0 Å². The predicted molar refractivity (Wildman–Crippen MR) is 101 cm³/mol. The Morgan fingerprint density at radius 1 is 0.808 bits per heavy atom. The van der Waals surface area contributed by atoms with Gasteiger partial charge < -0.3 is 19.5 Å². The molecule has 0 atom stereocenters. The first-order valence-corrected chi connectivity index (χ1v) is 7.97. The Bertz CT molecular complexity index is 989. The third-order valence-electron chi connectivity index (χ3n) is 4.18. The van der Waals surface area contributed by atoms with Crippen LogP contribution in [0.15, 0.2) is 46.0 Å². The Hall–Kier alpha value is -3.28. The minimum Gasteiger partial charge on any atom is -0.493 e. The summed E-state index contributed by atoms with van der Waals surface area (Å²) in [6.07, 6.45) is 0. The van der Waals surface area contributed by atoms with Gasteiger partial charge in [-0.15, -0.1) is 0 Å². The largest absolute Gasteiger partial charge is 0.493 e. The lowest BCUT2D eigenvalue weighted by Gasteiger charge is -2.17. The zero-order valence-electron chi connectivity index (χ0n) is 15.0. The average molecular weight is 353 g/mol. The molecule has 0 saturated heterocycles.